The van der Waals surface area contributed by atoms with Crippen molar-refractivity contribution in [2.75, 3.05) is 33.9 Å². The molecule has 2 fully saturated rings. The lowest BCUT2D eigenvalue weighted by atomic mass is 9.93. The van der Waals surface area contributed by atoms with Crippen molar-refractivity contribution in [1.29, 1.82) is 0 Å². The van der Waals surface area contributed by atoms with Crippen molar-refractivity contribution in [3.63, 3.8) is 0 Å². The maximum Gasteiger partial charge on any atom is 0.407 e. The molecule has 2 aromatic heterocycles. The Balaban J connectivity index is 1.05. The number of alkyl carbamates (subject to hydrolysis) is 2. The van der Waals surface area contributed by atoms with Crippen LogP contribution in [0.1, 0.15) is 103 Å². The second-order valence-electron chi connectivity index (χ2n) is 16.6. The number of carbonyl (C=O) groups excluding carboxylic acids is 4. The lowest BCUT2D eigenvalue weighted by molar-refractivity contribution is -0.135. The summed E-state index contributed by atoms with van der Waals surface area (Å²) in [6.45, 7) is 9.05. The van der Waals surface area contributed by atoms with E-state index in [0.717, 1.165) is 35.1 Å². The maximum atomic E-state index is 14.2. The largest absolute Gasteiger partial charge is 0.489 e. The van der Waals surface area contributed by atoms with Crippen LogP contribution >= 0.6 is 23.2 Å². The molecule has 8 rings (SSSR count). The minimum absolute atomic E-state index is 0.193. The summed E-state index contributed by atoms with van der Waals surface area (Å²) in [5.74, 6) is 1.62. The van der Waals surface area contributed by atoms with Crippen molar-refractivity contribution in [1.82, 2.24) is 40.4 Å². The van der Waals surface area contributed by atoms with E-state index in [9.17, 15) is 19.2 Å². The first-order valence-corrected chi connectivity index (χ1v) is 23.0. The third-order valence-corrected chi connectivity index (χ3v) is 12.9. The van der Waals surface area contributed by atoms with Crippen LogP contribution in [-0.4, -0.2) is 87.7 Å². The number of amides is 4. The topological polar surface area (TPSA) is 193 Å². The molecule has 0 bridgehead atoms. The number of allylic oxidation sites excluding steroid dienone is 3. The van der Waals surface area contributed by atoms with Gasteiger partial charge in [-0.15, -0.1) is 0 Å². The van der Waals surface area contributed by atoms with Crippen molar-refractivity contribution in [3.8, 4) is 17.0 Å². The zero-order chi connectivity index (χ0) is 48.1. The Morgan fingerprint density at radius 3 is 1.93 bits per heavy atom. The Hall–Kier alpha value is -7.04. The molecule has 0 unspecified atom stereocenters. The van der Waals surface area contributed by atoms with Crippen molar-refractivity contribution in [2.45, 2.75) is 70.3 Å². The standard InChI is InChI=1S/C50H52Cl2N8O8/c1-6-23-67-37-26-32(40-44(52)58-46(54-40)35-20-14-22-60(35)48(62)42(56-50(64)66-5)31-17-11-8-12-18-31)25-33-27-68-36(29(3)38(33)37)24-28(2)39-43(51)57-45(53-39)34-19-13-21-59(34)47(61)41(55-49(63)65-4)30-15-9-7-10-16-30/h6-12,15-18,24-26,34-35,41-42H,1,13-14,19-23,27H2,2-5H3,(H,53,57)(H,54,58)(H,55,63)(H,56,64)/b28-24+/t34-,35-,41+,42+/m0/s1. The van der Waals surface area contributed by atoms with Crippen LogP contribution in [0.5, 0.6) is 5.75 Å². The molecule has 2 saturated heterocycles. The quantitative estimate of drug-likeness (QED) is 0.0779. The fourth-order valence-electron chi connectivity index (χ4n) is 9.10. The lowest BCUT2D eigenvalue weighted by Gasteiger charge is -2.28. The van der Waals surface area contributed by atoms with Gasteiger partial charge in [0.25, 0.3) is 11.8 Å². The first kappa shape index (κ1) is 47.5. The molecule has 4 amide bonds. The fourth-order valence-corrected chi connectivity index (χ4v) is 9.64. The number of hydrogen-bond donors (Lipinski definition) is 4. The van der Waals surface area contributed by atoms with Gasteiger partial charge < -0.3 is 49.3 Å². The Labute approximate surface area is 403 Å². The van der Waals surface area contributed by atoms with Gasteiger partial charge in [0.1, 0.15) is 70.1 Å². The van der Waals surface area contributed by atoms with Crippen LogP contribution in [0.4, 0.5) is 9.59 Å². The summed E-state index contributed by atoms with van der Waals surface area (Å²) in [4.78, 5) is 72.7. The van der Waals surface area contributed by atoms with E-state index in [1.807, 2.05) is 68.5 Å². The number of halogens is 2. The number of benzene rings is 3. The van der Waals surface area contributed by atoms with Crippen molar-refractivity contribution in [3.05, 3.63) is 147 Å². The zero-order valence-corrected chi connectivity index (χ0v) is 39.6. The SMILES string of the molecule is C=CCOc1cc(-c2nc([C@@H]3CCCN3C(=O)[C@H](NC(=O)OC)c3ccccc3)[nH]c2Cl)cc2c1C(C)=C(/C=C(\C)c1nc([C@@H]3CCCN3C(=O)[C@H](NC(=O)OC)c3ccccc3)[nH]c1Cl)OC2. The fraction of sp³-hybridized carbons (Fsp3) is 0.320. The van der Waals surface area contributed by atoms with Crippen LogP contribution in [0, 0.1) is 0 Å². The average molecular weight is 964 g/mol. The Morgan fingerprint density at radius 1 is 0.838 bits per heavy atom. The number of ether oxygens (including phenoxy) is 4. The smallest absolute Gasteiger partial charge is 0.407 e. The van der Waals surface area contributed by atoms with Gasteiger partial charge in [-0.05, 0) is 74.4 Å². The first-order chi connectivity index (χ1) is 32.9. The molecular weight excluding hydrogens is 912 g/mol. The highest BCUT2D eigenvalue weighted by molar-refractivity contribution is 6.32. The number of likely N-dealkylation sites (tertiary alicyclic amines) is 2. The number of rotatable bonds is 14. The Kier molecular flexibility index (Phi) is 14.6. The van der Waals surface area contributed by atoms with E-state index < -0.39 is 36.4 Å². The molecule has 16 nitrogen and oxygen atoms in total. The Morgan fingerprint density at radius 2 is 1.38 bits per heavy atom. The van der Waals surface area contributed by atoms with Gasteiger partial charge in [0, 0.05) is 35.4 Å². The molecule has 354 valence electrons. The van der Waals surface area contributed by atoms with Crippen molar-refractivity contribution >= 4 is 58.3 Å². The summed E-state index contributed by atoms with van der Waals surface area (Å²) in [5, 5.41) is 5.99. The number of nitrogens with zero attached hydrogens (tertiary/aromatic N) is 4. The third kappa shape index (κ3) is 9.83. The minimum Gasteiger partial charge on any atom is -0.489 e. The van der Waals surface area contributed by atoms with E-state index in [0.29, 0.717) is 87.5 Å². The molecule has 0 saturated carbocycles. The molecule has 18 heteroatoms. The summed E-state index contributed by atoms with van der Waals surface area (Å²) in [6.07, 6.45) is 4.85. The van der Waals surface area contributed by atoms with Crippen LogP contribution in [-0.2, 0) is 30.4 Å². The number of aromatic nitrogens is 4. The molecule has 5 aromatic rings. The molecular formula is C50H52Cl2N8O8. The number of H-pyrrole nitrogens is 2. The average Bonchev–Trinajstić information content (AvgIpc) is 4.19. The number of hydrogen-bond acceptors (Lipinski definition) is 10. The van der Waals surface area contributed by atoms with E-state index in [2.05, 4.69) is 27.2 Å². The summed E-state index contributed by atoms with van der Waals surface area (Å²) < 4.78 is 22.4. The molecule has 3 aliphatic heterocycles. The molecule has 4 atom stereocenters. The van der Waals surface area contributed by atoms with E-state index in [1.54, 1.807) is 40.1 Å². The number of methoxy groups -OCH3 is 2. The maximum absolute atomic E-state index is 14.2. The van der Waals surface area contributed by atoms with Crippen molar-refractivity contribution < 1.29 is 38.1 Å². The summed E-state index contributed by atoms with van der Waals surface area (Å²) >= 11 is 13.8. The summed E-state index contributed by atoms with van der Waals surface area (Å²) in [6, 6.07) is 19.1. The monoisotopic (exact) mass is 962 g/mol. The normalized spacial score (nSPS) is 17.8. The van der Waals surface area contributed by atoms with E-state index in [4.69, 9.17) is 52.1 Å². The molecule has 4 N–H and O–H groups in total. The van der Waals surface area contributed by atoms with Gasteiger partial charge in [0.05, 0.1) is 26.3 Å². The highest BCUT2D eigenvalue weighted by atomic mass is 35.5. The van der Waals surface area contributed by atoms with Crippen LogP contribution in [0.15, 0.2) is 97.3 Å². The zero-order valence-electron chi connectivity index (χ0n) is 38.1. The van der Waals surface area contributed by atoms with Gasteiger partial charge in [-0.2, -0.15) is 0 Å². The summed E-state index contributed by atoms with van der Waals surface area (Å²) in [7, 11) is 2.51. The second-order valence-corrected chi connectivity index (χ2v) is 17.4. The van der Waals surface area contributed by atoms with Gasteiger partial charge in [-0.25, -0.2) is 19.6 Å². The number of nitrogens with one attached hydrogen (secondary N) is 4. The van der Waals surface area contributed by atoms with E-state index >= 15 is 0 Å². The van der Waals surface area contributed by atoms with Crippen molar-refractivity contribution in [2.24, 2.45) is 0 Å². The number of fused-ring (bicyclic) bond motifs is 1. The molecule has 0 spiro atoms. The predicted molar refractivity (Wildman–Crippen MR) is 256 cm³/mol. The highest BCUT2D eigenvalue weighted by Gasteiger charge is 2.39. The third-order valence-electron chi connectivity index (χ3n) is 12.4. The van der Waals surface area contributed by atoms with Crippen LogP contribution < -0.4 is 15.4 Å². The van der Waals surface area contributed by atoms with Gasteiger partial charge >= 0.3 is 12.2 Å². The molecule has 3 aromatic carbocycles. The van der Waals surface area contributed by atoms with Crippen LogP contribution in [0.2, 0.25) is 10.3 Å². The highest BCUT2D eigenvalue weighted by Crippen LogP contribution is 2.43. The van der Waals surface area contributed by atoms with Crippen LogP contribution in [0.3, 0.4) is 0 Å². The summed E-state index contributed by atoms with van der Waals surface area (Å²) in [5.41, 5.74) is 6.12. The van der Waals surface area contributed by atoms with Gasteiger partial charge in [-0.3, -0.25) is 9.59 Å². The number of imidazole rings is 2. The molecule has 3 aliphatic rings. The number of aromatic amines is 2. The van der Waals surface area contributed by atoms with E-state index in [-0.39, 0.29) is 25.0 Å². The van der Waals surface area contributed by atoms with E-state index in [1.165, 1.54) is 14.2 Å². The minimum atomic E-state index is -0.967. The molecule has 0 radical (unpaired) electrons. The second kappa shape index (κ2) is 20.9. The predicted octanol–water partition coefficient (Wildman–Crippen LogP) is 9.56. The van der Waals surface area contributed by atoms with Crippen LogP contribution in [0.25, 0.3) is 22.4 Å². The Bertz CT molecular complexity index is 2770. The number of carbonyl (C=O) groups is 4. The first-order valence-electron chi connectivity index (χ1n) is 22.2. The van der Waals surface area contributed by atoms with Gasteiger partial charge in [-0.1, -0.05) is 96.5 Å². The van der Waals surface area contributed by atoms with Gasteiger partial charge in [0.15, 0.2) is 0 Å². The molecule has 0 aliphatic carbocycles. The molecule has 68 heavy (non-hydrogen) atoms. The molecule has 5 heterocycles. The lowest BCUT2D eigenvalue weighted by Crippen LogP contribution is -2.42. The van der Waals surface area contributed by atoms with Gasteiger partial charge in [0.2, 0.25) is 0 Å².